The molecule has 1 aliphatic rings. The van der Waals surface area contributed by atoms with Crippen LogP contribution in [0.4, 0.5) is 5.82 Å². The summed E-state index contributed by atoms with van der Waals surface area (Å²) in [6, 6.07) is 5.64. The van der Waals surface area contributed by atoms with Gasteiger partial charge in [-0.3, -0.25) is 0 Å². The van der Waals surface area contributed by atoms with Crippen LogP contribution in [-0.4, -0.2) is 40.7 Å². The number of benzene rings is 1. The van der Waals surface area contributed by atoms with Crippen LogP contribution in [0.3, 0.4) is 0 Å². The summed E-state index contributed by atoms with van der Waals surface area (Å²) in [5.74, 6) is 2.04. The Bertz CT molecular complexity index is 642. The van der Waals surface area contributed by atoms with Crippen molar-refractivity contribution in [1.82, 2.24) is 4.98 Å². The fourth-order valence-electron chi connectivity index (χ4n) is 2.03. The molecule has 1 aromatic heterocycles. The number of nitrogens with one attached hydrogen (secondary N) is 1. The molecule has 106 valence electrons. The third kappa shape index (κ3) is 2.35. The van der Waals surface area contributed by atoms with E-state index >= 15 is 0 Å². The van der Waals surface area contributed by atoms with Crippen molar-refractivity contribution in [1.29, 1.82) is 0 Å². The molecule has 6 nitrogen and oxygen atoms in total. The molecule has 0 amide bonds. The molecule has 2 aromatic rings. The van der Waals surface area contributed by atoms with E-state index in [-0.39, 0.29) is 19.9 Å². The van der Waals surface area contributed by atoms with E-state index in [1.54, 1.807) is 13.1 Å². The van der Waals surface area contributed by atoms with E-state index in [0.29, 0.717) is 11.6 Å². The molecule has 20 heavy (non-hydrogen) atoms. The van der Waals surface area contributed by atoms with Gasteiger partial charge < -0.3 is 25.0 Å². The van der Waals surface area contributed by atoms with Crippen LogP contribution in [0.2, 0.25) is 0 Å². The molecule has 1 atom stereocenters. The highest BCUT2D eigenvalue weighted by Crippen LogP contribution is 2.37. The lowest BCUT2D eigenvalue weighted by molar-refractivity contribution is 0.0132. The van der Waals surface area contributed by atoms with Gasteiger partial charge in [0.25, 0.3) is 0 Å². The molecule has 1 unspecified atom stereocenters. The first-order valence-corrected chi connectivity index (χ1v) is 6.34. The second kappa shape index (κ2) is 4.81. The quantitative estimate of drug-likeness (QED) is 0.776. The Kier molecular flexibility index (Phi) is 3.11. The van der Waals surface area contributed by atoms with Gasteiger partial charge in [-0.1, -0.05) is 0 Å². The standard InChI is InChI=1S/C14H16N2O4/c1-14(18,7-17)6-16-13-10-5-12-11(19-8-20-12)4-9(10)2-3-15-13/h2-5,17-18H,6-8H2,1H3,(H,15,16). The zero-order chi connectivity index (χ0) is 14.2. The van der Waals surface area contributed by atoms with Gasteiger partial charge in [0.15, 0.2) is 11.5 Å². The average molecular weight is 276 g/mol. The van der Waals surface area contributed by atoms with Gasteiger partial charge in [0.05, 0.1) is 6.61 Å². The SMILES string of the molecule is CC(O)(CO)CNc1nccc2cc3c(cc12)OCO3. The Hall–Kier alpha value is -2.05. The maximum Gasteiger partial charge on any atom is 0.231 e. The molecular weight excluding hydrogens is 260 g/mol. The predicted octanol–water partition coefficient (Wildman–Crippen LogP) is 1.12. The van der Waals surface area contributed by atoms with Gasteiger partial charge in [-0.2, -0.15) is 0 Å². The summed E-state index contributed by atoms with van der Waals surface area (Å²) in [5, 5.41) is 23.8. The smallest absolute Gasteiger partial charge is 0.231 e. The van der Waals surface area contributed by atoms with E-state index in [4.69, 9.17) is 14.6 Å². The topological polar surface area (TPSA) is 83.8 Å². The van der Waals surface area contributed by atoms with Crippen LogP contribution in [0.5, 0.6) is 11.5 Å². The molecule has 6 heteroatoms. The van der Waals surface area contributed by atoms with Crippen LogP contribution in [0.25, 0.3) is 10.8 Å². The number of nitrogens with zero attached hydrogens (tertiary/aromatic N) is 1. The van der Waals surface area contributed by atoms with E-state index < -0.39 is 5.60 Å². The highest BCUT2D eigenvalue weighted by atomic mass is 16.7. The van der Waals surface area contributed by atoms with Crippen molar-refractivity contribution in [3.8, 4) is 11.5 Å². The van der Waals surface area contributed by atoms with E-state index in [1.807, 2.05) is 18.2 Å². The summed E-state index contributed by atoms with van der Waals surface area (Å²) in [6.45, 7) is 1.65. The van der Waals surface area contributed by atoms with Crippen molar-refractivity contribution >= 4 is 16.6 Å². The second-order valence-corrected chi connectivity index (χ2v) is 5.09. The fraction of sp³-hybridized carbons (Fsp3) is 0.357. The normalized spacial score (nSPS) is 16.1. The number of anilines is 1. The van der Waals surface area contributed by atoms with E-state index in [9.17, 15) is 5.11 Å². The van der Waals surface area contributed by atoms with Crippen LogP contribution in [0.1, 0.15) is 6.92 Å². The summed E-state index contributed by atoms with van der Waals surface area (Å²) in [7, 11) is 0. The number of fused-ring (bicyclic) bond motifs is 2. The van der Waals surface area contributed by atoms with Crippen molar-refractivity contribution in [2.24, 2.45) is 0 Å². The van der Waals surface area contributed by atoms with Gasteiger partial charge in [0, 0.05) is 18.1 Å². The Morgan fingerprint density at radius 3 is 2.85 bits per heavy atom. The highest BCUT2D eigenvalue weighted by Gasteiger charge is 2.20. The number of pyridine rings is 1. The molecule has 0 radical (unpaired) electrons. The minimum atomic E-state index is -1.19. The number of hydrogen-bond donors (Lipinski definition) is 3. The van der Waals surface area contributed by atoms with Crippen LogP contribution in [0, 0.1) is 0 Å². The van der Waals surface area contributed by atoms with Gasteiger partial charge in [0.2, 0.25) is 6.79 Å². The summed E-state index contributed by atoms with van der Waals surface area (Å²) in [4.78, 5) is 4.27. The predicted molar refractivity (Wildman–Crippen MR) is 74.1 cm³/mol. The lowest BCUT2D eigenvalue weighted by Gasteiger charge is -2.21. The van der Waals surface area contributed by atoms with E-state index in [2.05, 4.69) is 10.3 Å². The van der Waals surface area contributed by atoms with Gasteiger partial charge in [-0.15, -0.1) is 0 Å². The molecule has 0 fully saturated rings. The van der Waals surface area contributed by atoms with Crippen LogP contribution >= 0.6 is 0 Å². The zero-order valence-corrected chi connectivity index (χ0v) is 11.1. The molecular formula is C14H16N2O4. The highest BCUT2D eigenvalue weighted by molar-refractivity contribution is 5.94. The number of aliphatic hydroxyl groups excluding tert-OH is 1. The Balaban J connectivity index is 1.95. The molecule has 0 spiro atoms. The van der Waals surface area contributed by atoms with Crippen LogP contribution < -0.4 is 14.8 Å². The summed E-state index contributed by atoms with van der Waals surface area (Å²) in [5.41, 5.74) is -1.19. The molecule has 3 N–H and O–H groups in total. The van der Waals surface area contributed by atoms with E-state index in [1.165, 1.54) is 0 Å². The maximum atomic E-state index is 9.83. The monoisotopic (exact) mass is 276 g/mol. The number of hydrogen-bond acceptors (Lipinski definition) is 6. The van der Waals surface area contributed by atoms with Gasteiger partial charge >= 0.3 is 0 Å². The van der Waals surface area contributed by atoms with Crippen LogP contribution in [0.15, 0.2) is 24.4 Å². The largest absolute Gasteiger partial charge is 0.454 e. The average Bonchev–Trinajstić information content (AvgIpc) is 2.90. The Morgan fingerprint density at radius 2 is 2.10 bits per heavy atom. The second-order valence-electron chi connectivity index (χ2n) is 5.09. The molecule has 2 heterocycles. The molecule has 0 saturated heterocycles. The molecule has 1 aliphatic heterocycles. The number of aliphatic hydroxyl groups is 2. The third-order valence-electron chi connectivity index (χ3n) is 3.23. The Labute approximate surface area is 116 Å². The van der Waals surface area contributed by atoms with E-state index in [0.717, 1.165) is 16.5 Å². The lowest BCUT2D eigenvalue weighted by Crippen LogP contribution is -2.37. The minimum absolute atomic E-state index is 0.198. The summed E-state index contributed by atoms with van der Waals surface area (Å²) < 4.78 is 10.7. The molecule has 0 aliphatic carbocycles. The Morgan fingerprint density at radius 1 is 1.35 bits per heavy atom. The lowest BCUT2D eigenvalue weighted by atomic mass is 10.1. The van der Waals surface area contributed by atoms with Crippen molar-refractivity contribution in [2.45, 2.75) is 12.5 Å². The van der Waals surface area contributed by atoms with Gasteiger partial charge in [-0.25, -0.2) is 4.98 Å². The number of aromatic nitrogens is 1. The molecule has 0 saturated carbocycles. The number of ether oxygens (including phenoxy) is 2. The fourth-order valence-corrected chi connectivity index (χ4v) is 2.03. The first kappa shape index (κ1) is 13.0. The van der Waals surface area contributed by atoms with Gasteiger partial charge in [-0.05, 0) is 30.5 Å². The first-order valence-electron chi connectivity index (χ1n) is 6.34. The molecule has 0 bridgehead atoms. The maximum absolute atomic E-state index is 9.83. The molecule has 1 aromatic carbocycles. The third-order valence-corrected chi connectivity index (χ3v) is 3.23. The summed E-state index contributed by atoms with van der Waals surface area (Å²) >= 11 is 0. The number of rotatable bonds is 4. The van der Waals surface area contributed by atoms with Crippen molar-refractivity contribution in [3.63, 3.8) is 0 Å². The van der Waals surface area contributed by atoms with Gasteiger partial charge in [0.1, 0.15) is 11.4 Å². The summed E-state index contributed by atoms with van der Waals surface area (Å²) in [6.07, 6.45) is 1.68. The molecule has 3 rings (SSSR count). The minimum Gasteiger partial charge on any atom is -0.454 e. The van der Waals surface area contributed by atoms with Crippen molar-refractivity contribution < 1.29 is 19.7 Å². The zero-order valence-electron chi connectivity index (χ0n) is 11.1. The first-order chi connectivity index (χ1) is 9.59. The van der Waals surface area contributed by atoms with Crippen LogP contribution in [-0.2, 0) is 0 Å². The van der Waals surface area contributed by atoms with Crippen molar-refractivity contribution in [3.05, 3.63) is 24.4 Å². The van der Waals surface area contributed by atoms with Crippen molar-refractivity contribution in [2.75, 3.05) is 25.3 Å².